The Balaban J connectivity index is 2.31. The number of likely N-dealkylation sites (tertiary alicyclic amines) is 1. The number of hydrogen-bond acceptors (Lipinski definition) is 4. The van der Waals surface area contributed by atoms with Crippen molar-refractivity contribution in [3.8, 4) is 0 Å². The summed E-state index contributed by atoms with van der Waals surface area (Å²) in [6, 6.07) is -0.229. The van der Waals surface area contributed by atoms with Gasteiger partial charge in [0.25, 0.3) is 0 Å². The minimum absolute atomic E-state index is 0.0942. The largest absolute Gasteiger partial charge is 0.465 e. The lowest BCUT2D eigenvalue weighted by atomic mass is 10.2. The number of nitrogens with one attached hydrogen (secondary N) is 1. The smallest absolute Gasteiger partial charge is 0.404 e. The second-order valence-electron chi connectivity index (χ2n) is 4.28. The molecule has 1 amide bonds. The van der Waals surface area contributed by atoms with Crippen molar-refractivity contribution in [2.45, 2.75) is 12.1 Å². The van der Waals surface area contributed by atoms with E-state index in [1.54, 1.807) is 0 Å². The molecule has 4 N–H and O–H groups in total. The molecule has 0 aromatic rings. The van der Waals surface area contributed by atoms with Crippen molar-refractivity contribution in [1.29, 1.82) is 0 Å². The number of nitrogens with two attached hydrogens (primary N) is 1. The van der Waals surface area contributed by atoms with Gasteiger partial charge in [0.15, 0.2) is 0 Å². The predicted molar refractivity (Wildman–Crippen MR) is 57.9 cm³/mol. The van der Waals surface area contributed by atoms with Gasteiger partial charge in [-0.25, -0.2) is 4.79 Å². The van der Waals surface area contributed by atoms with Crippen LogP contribution in [0.5, 0.6) is 0 Å². The number of carboxylic acid groups (broad SMARTS) is 1. The molecule has 1 aliphatic rings. The lowest BCUT2D eigenvalue weighted by molar-refractivity contribution is 0.188. The fourth-order valence-electron chi connectivity index (χ4n) is 1.75. The molecule has 15 heavy (non-hydrogen) atoms. The zero-order valence-electron chi connectivity index (χ0n) is 9.31. The van der Waals surface area contributed by atoms with E-state index in [0.29, 0.717) is 6.54 Å². The summed E-state index contributed by atoms with van der Waals surface area (Å²) in [5, 5.41) is 11.0. The van der Waals surface area contributed by atoms with Gasteiger partial charge in [-0.1, -0.05) is 0 Å². The van der Waals surface area contributed by atoms with Gasteiger partial charge in [-0.2, -0.15) is 0 Å². The fourth-order valence-corrected chi connectivity index (χ4v) is 1.75. The predicted octanol–water partition coefficient (Wildman–Crippen LogP) is -1.17. The maximum atomic E-state index is 10.5. The Morgan fingerprint density at radius 2 is 2.27 bits per heavy atom. The van der Waals surface area contributed by atoms with E-state index in [1.807, 2.05) is 14.1 Å². The van der Waals surface area contributed by atoms with Crippen LogP contribution in [0.2, 0.25) is 0 Å². The van der Waals surface area contributed by atoms with E-state index in [-0.39, 0.29) is 12.1 Å². The first-order chi connectivity index (χ1) is 6.99. The SMILES string of the molecule is CN(C)CCN1C[C@@H](N)[C@@H](NC(=O)O)C1. The molecule has 0 bridgehead atoms. The highest BCUT2D eigenvalue weighted by atomic mass is 16.4. The Morgan fingerprint density at radius 1 is 1.60 bits per heavy atom. The van der Waals surface area contributed by atoms with Crippen molar-refractivity contribution in [1.82, 2.24) is 15.1 Å². The number of hydrogen-bond donors (Lipinski definition) is 3. The average molecular weight is 216 g/mol. The highest BCUT2D eigenvalue weighted by Gasteiger charge is 2.30. The highest BCUT2D eigenvalue weighted by molar-refractivity contribution is 5.65. The Bertz CT molecular complexity index is 222. The molecule has 2 atom stereocenters. The zero-order chi connectivity index (χ0) is 11.4. The minimum atomic E-state index is -0.995. The van der Waals surface area contributed by atoms with Crippen LogP contribution in [0.15, 0.2) is 0 Å². The lowest BCUT2D eigenvalue weighted by Crippen LogP contribution is -2.46. The monoisotopic (exact) mass is 216 g/mol. The van der Waals surface area contributed by atoms with Gasteiger partial charge in [-0.3, -0.25) is 4.90 Å². The van der Waals surface area contributed by atoms with Crippen molar-refractivity contribution < 1.29 is 9.90 Å². The van der Waals surface area contributed by atoms with Crippen LogP contribution >= 0.6 is 0 Å². The summed E-state index contributed by atoms with van der Waals surface area (Å²) in [5.74, 6) is 0. The van der Waals surface area contributed by atoms with Crippen LogP contribution in [0.4, 0.5) is 4.79 Å². The van der Waals surface area contributed by atoms with E-state index in [2.05, 4.69) is 15.1 Å². The molecular formula is C9H20N4O2. The standard InChI is InChI=1S/C9H20N4O2/c1-12(2)3-4-13-5-7(10)8(6-13)11-9(14)15/h7-8,11H,3-6,10H2,1-2H3,(H,14,15)/t7-,8+/m1/s1. The second kappa shape index (κ2) is 5.29. The van der Waals surface area contributed by atoms with Crippen molar-refractivity contribution in [2.75, 3.05) is 40.3 Å². The van der Waals surface area contributed by atoms with E-state index in [1.165, 1.54) is 0 Å². The molecule has 88 valence electrons. The Hall–Kier alpha value is -0.850. The Labute approximate surface area is 90.0 Å². The van der Waals surface area contributed by atoms with Crippen LogP contribution in [0.3, 0.4) is 0 Å². The molecule has 0 aromatic heterocycles. The topological polar surface area (TPSA) is 81.8 Å². The average Bonchev–Trinajstić information content (AvgIpc) is 2.43. The van der Waals surface area contributed by atoms with Gasteiger partial charge in [0.05, 0.1) is 6.04 Å². The summed E-state index contributed by atoms with van der Waals surface area (Å²) in [6.45, 7) is 3.37. The minimum Gasteiger partial charge on any atom is -0.465 e. The summed E-state index contributed by atoms with van der Waals surface area (Å²) >= 11 is 0. The molecule has 1 saturated heterocycles. The molecule has 1 heterocycles. The van der Waals surface area contributed by atoms with Crippen LogP contribution in [0.25, 0.3) is 0 Å². The number of likely N-dealkylation sites (N-methyl/N-ethyl adjacent to an activating group) is 1. The van der Waals surface area contributed by atoms with E-state index in [9.17, 15) is 4.79 Å². The van der Waals surface area contributed by atoms with Gasteiger partial charge in [0.2, 0.25) is 0 Å². The summed E-state index contributed by atoms with van der Waals surface area (Å²) < 4.78 is 0. The second-order valence-corrected chi connectivity index (χ2v) is 4.28. The van der Waals surface area contributed by atoms with Gasteiger partial charge >= 0.3 is 6.09 Å². The molecular weight excluding hydrogens is 196 g/mol. The first-order valence-corrected chi connectivity index (χ1v) is 5.11. The summed E-state index contributed by atoms with van der Waals surface area (Å²) in [6.07, 6.45) is -0.995. The van der Waals surface area contributed by atoms with Gasteiger partial charge in [0.1, 0.15) is 0 Å². The maximum absolute atomic E-state index is 10.5. The Morgan fingerprint density at radius 3 is 2.80 bits per heavy atom. The summed E-state index contributed by atoms with van der Waals surface area (Å²) in [4.78, 5) is 14.8. The molecule has 1 rings (SSSR count). The van der Waals surface area contributed by atoms with E-state index >= 15 is 0 Å². The van der Waals surface area contributed by atoms with Gasteiger partial charge < -0.3 is 21.1 Å². The van der Waals surface area contributed by atoms with Crippen LogP contribution in [-0.2, 0) is 0 Å². The van der Waals surface area contributed by atoms with Crippen molar-refractivity contribution in [3.05, 3.63) is 0 Å². The molecule has 0 aromatic carbocycles. The zero-order valence-corrected chi connectivity index (χ0v) is 9.31. The Kier molecular flexibility index (Phi) is 4.31. The van der Waals surface area contributed by atoms with Gasteiger partial charge in [-0.05, 0) is 14.1 Å². The maximum Gasteiger partial charge on any atom is 0.404 e. The third-order valence-corrected chi connectivity index (χ3v) is 2.61. The van der Waals surface area contributed by atoms with Crippen molar-refractivity contribution >= 4 is 6.09 Å². The number of nitrogens with zero attached hydrogens (tertiary/aromatic N) is 2. The lowest BCUT2D eigenvalue weighted by Gasteiger charge is -2.18. The van der Waals surface area contributed by atoms with Crippen LogP contribution in [0, 0.1) is 0 Å². The third-order valence-electron chi connectivity index (χ3n) is 2.61. The molecule has 0 saturated carbocycles. The first kappa shape index (κ1) is 12.2. The number of amides is 1. The molecule has 0 aliphatic carbocycles. The molecule has 6 nitrogen and oxygen atoms in total. The van der Waals surface area contributed by atoms with E-state index < -0.39 is 6.09 Å². The van der Waals surface area contributed by atoms with Crippen molar-refractivity contribution in [2.24, 2.45) is 5.73 Å². The summed E-state index contributed by atoms with van der Waals surface area (Å²) in [5.41, 5.74) is 5.84. The first-order valence-electron chi connectivity index (χ1n) is 5.11. The van der Waals surface area contributed by atoms with Gasteiger partial charge in [0, 0.05) is 32.2 Å². The molecule has 6 heteroatoms. The highest BCUT2D eigenvalue weighted by Crippen LogP contribution is 2.07. The molecule has 0 unspecified atom stereocenters. The summed E-state index contributed by atoms with van der Waals surface area (Å²) in [7, 11) is 4.03. The van der Waals surface area contributed by atoms with Crippen molar-refractivity contribution in [3.63, 3.8) is 0 Å². The third kappa shape index (κ3) is 4.03. The molecule has 1 aliphatic heterocycles. The quantitative estimate of drug-likeness (QED) is 0.551. The van der Waals surface area contributed by atoms with E-state index in [0.717, 1.165) is 19.6 Å². The molecule has 0 radical (unpaired) electrons. The number of rotatable bonds is 4. The van der Waals surface area contributed by atoms with E-state index in [4.69, 9.17) is 10.8 Å². The van der Waals surface area contributed by atoms with Crippen LogP contribution in [0.1, 0.15) is 0 Å². The fraction of sp³-hybridized carbons (Fsp3) is 0.889. The molecule has 1 fully saturated rings. The van der Waals surface area contributed by atoms with Gasteiger partial charge in [-0.15, -0.1) is 0 Å². The molecule has 0 spiro atoms. The van der Waals surface area contributed by atoms with Crippen LogP contribution < -0.4 is 11.1 Å². The number of carbonyl (C=O) groups is 1. The van der Waals surface area contributed by atoms with Crippen LogP contribution in [-0.4, -0.2) is 73.4 Å². The normalized spacial score (nSPS) is 27.2.